The lowest BCUT2D eigenvalue weighted by Crippen LogP contribution is -2.55. The van der Waals surface area contributed by atoms with E-state index in [1.54, 1.807) is 26.0 Å². The van der Waals surface area contributed by atoms with Crippen LogP contribution in [0.2, 0.25) is 0 Å². The molecule has 4 amide bonds. The number of rotatable bonds is 15. The van der Waals surface area contributed by atoms with E-state index in [2.05, 4.69) is 45.0 Å². The number of amides is 4. The Morgan fingerprint density at radius 1 is 0.812 bits per heavy atom. The first kappa shape index (κ1) is 42.6. The first-order valence-electron chi connectivity index (χ1n) is 15.4. The molecule has 2 rings (SSSR count). The highest BCUT2D eigenvalue weighted by atomic mass is 16.3. The fourth-order valence-corrected chi connectivity index (χ4v) is 4.08. The number of carbonyl (C=O) groups excluding carboxylic acids is 4. The van der Waals surface area contributed by atoms with E-state index in [4.69, 9.17) is 34.4 Å². The molecule has 16 nitrogen and oxygen atoms in total. The molecule has 0 aliphatic rings. The molecule has 0 radical (unpaired) electrons. The molecule has 1 unspecified atom stereocenters. The molecular formula is C32H53N11O5. The van der Waals surface area contributed by atoms with E-state index in [-0.39, 0.29) is 43.6 Å². The number of aromatic hydroxyl groups is 1. The summed E-state index contributed by atoms with van der Waals surface area (Å²) in [6, 6.07) is 11.3. The number of nitrogens with zero attached hydrogens (tertiary/aromatic N) is 2. The summed E-state index contributed by atoms with van der Waals surface area (Å²) in [7, 11) is 0. The van der Waals surface area contributed by atoms with E-state index in [0.29, 0.717) is 6.42 Å². The minimum absolute atomic E-state index is 0.0812. The minimum Gasteiger partial charge on any atom is -0.508 e. The van der Waals surface area contributed by atoms with Gasteiger partial charge in [-0.25, -0.2) is 0 Å². The predicted octanol–water partition coefficient (Wildman–Crippen LogP) is -1.20. The van der Waals surface area contributed by atoms with Crippen molar-refractivity contribution in [2.75, 3.05) is 26.2 Å². The molecule has 2 atom stereocenters. The van der Waals surface area contributed by atoms with Gasteiger partial charge in [-0.1, -0.05) is 42.8 Å². The van der Waals surface area contributed by atoms with Crippen molar-refractivity contribution in [3.8, 4) is 5.75 Å². The SMILES string of the molecule is CCCN=C(N)N.Cc1cc(O)cc(C)c1C[C@H](NC(=O)CN)C(=O)NC(CCCN=C(N)N)C(=O)NCC(N)=O.Cc1ccccc1. The molecule has 2 aromatic rings. The molecule has 0 spiro atoms. The smallest absolute Gasteiger partial charge is 0.243 e. The van der Waals surface area contributed by atoms with Gasteiger partial charge < -0.3 is 55.5 Å². The molecule has 0 aliphatic heterocycles. The summed E-state index contributed by atoms with van der Waals surface area (Å²) in [4.78, 5) is 56.3. The number of carbonyl (C=O) groups is 4. The van der Waals surface area contributed by atoms with Crippen LogP contribution in [0.4, 0.5) is 0 Å². The van der Waals surface area contributed by atoms with Gasteiger partial charge in [-0.3, -0.25) is 29.2 Å². The molecule has 266 valence electrons. The van der Waals surface area contributed by atoms with Crippen LogP contribution in [0.5, 0.6) is 5.75 Å². The third-order valence-corrected chi connectivity index (χ3v) is 6.40. The average molecular weight is 672 g/mol. The molecule has 16 N–H and O–H groups in total. The Morgan fingerprint density at radius 3 is 1.81 bits per heavy atom. The second kappa shape index (κ2) is 23.9. The van der Waals surface area contributed by atoms with Gasteiger partial charge in [-0.15, -0.1) is 0 Å². The first-order chi connectivity index (χ1) is 22.6. The van der Waals surface area contributed by atoms with Gasteiger partial charge in [-0.05, 0) is 68.9 Å². The molecule has 48 heavy (non-hydrogen) atoms. The van der Waals surface area contributed by atoms with Crippen LogP contribution >= 0.6 is 0 Å². The van der Waals surface area contributed by atoms with Crippen molar-refractivity contribution >= 4 is 35.5 Å². The average Bonchev–Trinajstić information content (AvgIpc) is 3.01. The number of phenols is 1. The zero-order chi connectivity index (χ0) is 36.6. The molecular weight excluding hydrogens is 618 g/mol. The van der Waals surface area contributed by atoms with Crippen molar-refractivity contribution in [3.05, 3.63) is 64.7 Å². The summed E-state index contributed by atoms with van der Waals surface area (Å²) < 4.78 is 0. The molecule has 2 aromatic carbocycles. The van der Waals surface area contributed by atoms with Crippen LogP contribution in [0, 0.1) is 20.8 Å². The maximum Gasteiger partial charge on any atom is 0.243 e. The van der Waals surface area contributed by atoms with Crippen molar-refractivity contribution in [3.63, 3.8) is 0 Å². The Balaban J connectivity index is 0.00000129. The minimum atomic E-state index is -1.05. The van der Waals surface area contributed by atoms with Gasteiger partial charge in [0.25, 0.3) is 0 Å². The Morgan fingerprint density at radius 2 is 1.38 bits per heavy atom. The highest BCUT2D eigenvalue weighted by Crippen LogP contribution is 2.22. The zero-order valence-corrected chi connectivity index (χ0v) is 28.3. The summed E-state index contributed by atoms with van der Waals surface area (Å²) in [5.74, 6) is -2.41. The second-order valence-electron chi connectivity index (χ2n) is 10.7. The lowest BCUT2D eigenvalue weighted by Gasteiger charge is -2.24. The van der Waals surface area contributed by atoms with Crippen LogP contribution in [-0.4, -0.2) is 78.9 Å². The molecule has 0 saturated heterocycles. The number of phenolic OH excluding ortho intramolecular Hbond substituents is 1. The summed E-state index contributed by atoms with van der Waals surface area (Å²) in [5, 5.41) is 17.3. The molecule has 0 bridgehead atoms. The summed E-state index contributed by atoms with van der Waals surface area (Å²) in [6.07, 6.45) is 1.60. The van der Waals surface area contributed by atoms with Crippen LogP contribution in [0.3, 0.4) is 0 Å². The molecule has 16 heteroatoms. The number of hydrogen-bond acceptors (Lipinski definition) is 8. The van der Waals surface area contributed by atoms with Crippen molar-refractivity contribution in [1.29, 1.82) is 0 Å². The molecule has 0 aromatic heterocycles. The fourth-order valence-electron chi connectivity index (χ4n) is 4.08. The normalized spacial score (nSPS) is 11.1. The Hall–Kier alpha value is -5.38. The van der Waals surface area contributed by atoms with Gasteiger partial charge in [0.15, 0.2) is 11.9 Å². The van der Waals surface area contributed by atoms with Crippen LogP contribution in [-0.2, 0) is 25.6 Å². The zero-order valence-electron chi connectivity index (χ0n) is 28.3. The van der Waals surface area contributed by atoms with Crippen LogP contribution < -0.4 is 50.4 Å². The van der Waals surface area contributed by atoms with Gasteiger partial charge >= 0.3 is 0 Å². The van der Waals surface area contributed by atoms with Gasteiger partial charge in [0.1, 0.15) is 17.8 Å². The number of nitrogens with one attached hydrogen (secondary N) is 3. The Kier molecular flexibility index (Phi) is 21.2. The van der Waals surface area contributed by atoms with Gasteiger partial charge in [-0.2, -0.15) is 0 Å². The first-order valence-corrected chi connectivity index (χ1v) is 15.4. The number of guanidine groups is 2. The van der Waals surface area contributed by atoms with Gasteiger partial charge in [0.05, 0.1) is 13.1 Å². The highest BCUT2D eigenvalue weighted by Gasteiger charge is 2.27. The fraction of sp³-hybridized carbons (Fsp3) is 0.438. The van der Waals surface area contributed by atoms with Crippen molar-refractivity contribution in [2.45, 2.75) is 65.5 Å². The number of primary amides is 1. The van der Waals surface area contributed by atoms with Crippen LogP contribution in [0.25, 0.3) is 0 Å². The number of hydrogen-bond donors (Lipinski definition) is 10. The maximum absolute atomic E-state index is 13.1. The van der Waals surface area contributed by atoms with Crippen molar-refractivity contribution in [1.82, 2.24) is 16.0 Å². The van der Waals surface area contributed by atoms with Crippen LogP contribution in [0.15, 0.2) is 52.4 Å². The van der Waals surface area contributed by atoms with Crippen molar-refractivity contribution < 1.29 is 24.3 Å². The topological polar surface area (TPSA) is 305 Å². The highest BCUT2D eigenvalue weighted by molar-refractivity contribution is 5.93. The van der Waals surface area contributed by atoms with E-state index in [1.807, 2.05) is 25.1 Å². The lowest BCUT2D eigenvalue weighted by molar-refractivity contribution is -0.132. The lowest BCUT2D eigenvalue weighted by atomic mass is 9.95. The Labute approximate surface area is 282 Å². The van der Waals surface area contributed by atoms with Gasteiger partial charge in [0, 0.05) is 19.5 Å². The van der Waals surface area contributed by atoms with E-state index < -0.39 is 42.3 Å². The van der Waals surface area contributed by atoms with E-state index in [9.17, 15) is 24.3 Å². The maximum atomic E-state index is 13.1. The number of aryl methyl sites for hydroxylation is 3. The molecule has 0 heterocycles. The predicted molar refractivity (Wildman–Crippen MR) is 188 cm³/mol. The summed E-state index contributed by atoms with van der Waals surface area (Å²) in [5.41, 5.74) is 34.6. The summed E-state index contributed by atoms with van der Waals surface area (Å²) in [6.45, 7) is 7.86. The number of nitrogens with two attached hydrogens (primary N) is 6. The van der Waals surface area contributed by atoms with Gasteiger partial charge in [0.2, 0.25) is 23.6 Å². The Bertz CT molecular complexity index is 1340. The number of aliphatic imine (C=N–C) groups is 2. The van der Waals surface area contributed by atoms with E-state index in [1.165, 1.54) is 5.56 Å². The number of benzene rings is 2. The third-order valence-electron chi connectivity index (χ3n) is 6.40. The van der Waals surface area contributed by atoms with Crippen LogP contribution in [0.1, 0.15) is 48.4 Å². The largest absolute Gasteiger partial charge is 0.508 e. The monoisotopic (exact) mass is 671 g/mol. The standard InChI is InChI=1S/C21H34N8O5.C7H8.C4H11N3/c1-11-6-13(30)7-12(2)14(11)8-16(28-18(32)9-22)20(34)29-15(4-3-5-26-21(24)25)19(33)27-10-17(23)31;1-7-5-3-2-4-6-7;1-2-3-7-4(5)6/h6-7,15-16,30H,3-5,8-10,22H2,1-2H3,(H2,23,31)(H,27,33)(H,28,32)(H,29,34)(H4,24,25,26);2-6H,1H3;2-3H2,1H3,(H4,5,6,7)/t15?,16-;;/m0../s1. The van der Waals surface area contributed by atoms with E-state index in [0.717, 1.165) is 29.7 Å². The molecule has 0 aliphatic carbocycles. The van der Waals surface area contributed by atoms with E-state index >= 15 is 0 Å². The molecule has 0 saturated carbocycles. The quantitative estimate of drug-likeness (QED) is 0.0612. The third kappa shape index (κ3) is 19.9. The van der Waals surface area contributed by atoms with Crippen molar-refractivity contribution in [2.24, 2.45) is 44.4 Å². The molecule has 0 fully saturated rings. The summed E-state index contributed by atoms with van der Waals surface area (Å²) >= 11 is 0. The second-order valence-corrected chi connectivity index (χ2v) is 10.7.